The molecule has 0 N–H and O–H groups in total. The molecule has 0 aliphatic rings. The molecule has 0 aliphatic carbocycles. The second kappa shape index (κ2) is 10.4. The quantitative estimate of drug-likeness (QED) is 0.326. The van der Waals surface area contributed by atoms with Gasteiger partial charge < -0.3 is 4.74 Å². The van der Waals surface area contributed by atoms with E-state index in [4.69, 9.17) is 11.3 Å². The van der Waals surface area contributed by atoms with Crippen molar-refractivity contribution in [3.8, 4) is 0 Å². The molecule has 0 spiro atoms. The number of ether oxygens (including phenoxy) is 1. The first-order valence-corrected chi connectivity index (χ1v) is 9.80. The van der Waals surface area contributed by atoms with Gasteiger partial charge in [-0.05, 0) is 28.8 Å². The molecule has 3 rings (SSSR count). The van der Waals surface area contributed by atoms with Crippen LogP contribution in [0.25, 0.3) is 10.4 Å². The number of hydrogen-bond acceptors (Lipinski definition) is 2. The minimum Gasteiger partial charge on any atom is -0.372 e. The second-order valence-electron chi connectivity index (χ2n) is 5.99. The maximum absolute atomic E-state index is 7.12. The zero-order chi connectivity index (χ0) is 18.7. The summed E-state index contributed by atoms with van der Waals surface area (Å²) in [5, 5.41) is 0. The van der Waals surface area contributed by atoms with Crippen LogP contribution >= 0.6 is 11.8 Å². The number of benzene rings is 3. The summed E-state index contributed by atoms with van der Waals surface area (Å²) in [4.78, 5) is 4.73. The Morgan fingerprint density at radius 3 is 2.41 bits per heavy atom. The molecular formula is C24H21NOS. The SMILES string of the molecule is [C-]#[N+]c1cccc(COCC(=CCSc2ccccc2)c2ccccc2)c1. The van der Waals surface area contributed by atoms with Gasteiger partial charge in [0.1, 0.15) is 0 Å². The van der Waals surface area contributed by atoms with E-state index in [1.54, 1.807) is 0 Å². The number of rotatable bonds is 8. The first-order valence-electron chi connectivity index (χ1n) is 8.81. The van der Waals surface area contributed by atoms with Crippen LogP contribution in [0.15, 0.2) is 95.9 Å². The molecule has 0 fully saturated rings. The molecular weight excluding hydrogens is 350 g/mol. The topological polar surface area (TPSA) is 13.6 Å². The van der Waals surface area contributed by atoms with Crippen molar-refractivity contribution >= 4 is 23.0 Å². The lowest BCUT2D eigenvalue weighted by atomic mass is 10.1. The van der Waals surface area contributed by atoms with E-state index in [1.807, 2.05) is 60.3 Å². The third-order valence-electron chi connectivity index (χ3n) is 4.03. The molecule has 3 aromatic carbocycles. The van der Waals surface area contributed by atoms with E-state index in [0.29, 0.717) is 18.9 Å². The van der Waals surface area contributed by atoms with Crippen LogP contribution in [0.5, 0.6) is 0 Å². The van der Waals surface area contributed by atoms with Crippen molar-refractivity contribution in [1.29, 1.82) is 0 Å². The Bertz CT molecular complexity index is 914. The van der Waals surface area contributed by atoms with Crippen molar-refractivity contribution in [3.05, 3.63) is 114 Å². The van der Waals surface area contributed by atoms with Crippen LogP contribution in [0.1, 0.15) is 11.1 Å². The predicted molar refractivity (Wildman–Crippen MR) is 114 cm³/mol. The summed E-state index contributed by atoms with van der Waals surface area (Å²) >= 11 is 1.81. The average molecular weight is 372 g/mol. The van der Waals surface area contributed by atoms with Crippen LogP contribution in [0, 0.1) is 6.57 Å². The Kier molecular flexibility index (Phi) is 7.29. The molecule has 0 saturated carbocycles. The van der Waals surface area contributed by atoms with Crippen LogP contribution in [-0.2, 0) is 11.3 Å². The average Bonchev–Trinajstić information content (AvgIpc) is 2.74. The van der Waals surface area contributed by atoms with Gasteiger partial charge in [0.2, 0.25) is 0 Å². The molecule has 0 bridgehead atoms. The van der Waals surface area contributed by atoms with E-state index in [-0.39, 0.29) is 0 Å². The van der Waals surface area contributed by atoms with Gasteiger partial charge in [-0.3, -0.25) is 0 Å². The first-order chi connectivity index (χ1) is 13.3. The predicted octanol–water partition coefficient (Wildman–Crippen LogP) is 6.63. The van der Waals surface area contributed by atoms with Gasteiger partial charge in [0.25, 0.3) is 0 Å². The summed E-state index contributed by atoms with van der Waals surface area (Å²) in [7, 11) is 0. The molecule has 0 saturated heterocycles. The fourth-order valence-electron chi connectivity index (χ4n) is 2.66. The third kappa shape index (κ3) is 6.14. The molecule has 0 atom stereocenters. The largest absolute Gasteiger partial charge is 0.372 e. The maximum Gasteiger partial charge on any atom is 0.187 e. The van der Waals surface area contributed by atoms with Gasteiger partial charge >= 0.3 is 0 Å². The number of nitrogens with zero attached hydrogens (tertiary/aromatic N) is 1. The van der Waals surface area contributed by atoms with Crippen molar-refractivity contribution in [2.45, 2.75) is 11.5 Å². The molecule has 0 aliphatic heterocycles. The molecule has 0 unspecified atom stereocenters. The minimum absolute atomic E-state index is 0.499. The van der Waals surface area contributed by atoms with Crippen LogP contribution in [0.3, 0.4) is 0 Å². The van der Waals surface area contributed by atoms with Crippen LogP contribution in [0.2, 0.25) is 0 Å². The summed E-state index contributed by atoms with van der Waals surface area (Å²) in [6.45, 7) is 8.16. The van der Waals surface area contributed by atoms with E-state index >= 15 is 0 Å². The summed E-state index contributed by atoms with van der Waals surface area (Å²) < 4.78 is 5.96. The highest BCUT2D eigenvalue weighted by Crippen LogP contribution is 2.21. The zero-order valence-corrected chi connectivity index (χ0v) is 15.9. The molecule has 0 heterocycles. The highest BCUT2D eigenvalue weighted by molar-refractivity contribution is 7.99. The van der Waals surface area contributed by atoms with Gasteiger partial charge in [0.05, 0.1) is 19.8 Å². The molecule has 3 heteroatoms. The van der Waals surface area contributed by atoms with E-state index in [9.17, 15) is 0 Å². The lowest BCUT2D eigenvalue weighted by Gasteiger charge is -2.10. The van der Waals surface area contributed by atoms with Crippen LogP contribution < -0.4 is 0 Å². The Hall–Kier alpha value is -2.80. The summed E-state index contributed by atoms with van der Waals surface area (Å²) in [5.41, 5.74) is 4.03. The van der Waals surface area contributed by atoms with Crippen molar-refractivity contribution < 1.29 is 4.74 Å². The van der Waals surface area contributed by atoms with Gasteiger partial charge in [0.15, 0.2) is 5.69 Å². The standard InChI is InChI=1S/C24H21NOS/c1-25-23-12-8-9-20(17-23)18-26-19-22(21-10-4-2-5-11-21)15-16-27-24-13-6-3-7-14-24/h2-15,17H,16,18-19H2. The monoisotopic (exact) mass is 371 g/mol. The normalized spacial score (nSPS) is 11.1. The van der Waals surface area contributed by atoms with E-state index < -0.39 is 0 Å². The van der Waals surface area contributed by atoms with Gasteiger partial charge in [-0.25, -0.2) is 4.85 Å². The Balaban J connectivity index is 1.63. The fraction of sp³-hybridized carbons (Fsp3) is 0.125. The van der Waals surface area contributed by atoms with Crippen molar-refractivity contribution in [1.82, 2.24) is 0 Å². The van der Waals surface area contributed by atoms with E-state index in [0.717, 1.165) is 11.3 Å². The number of thioether (sulfide) groups is 1. The molecule has 2 nitrogen and oxygen atoms in total. The lowest BCUT2D eigenvalue weighted by Crippen LogP contribution is -1.99. The maximum atomic E-state index is 7.12. The smallest absolute Gasteiger partial charge is 0.187 e. The fourth-order valence-corrected chi connectivity index (χ4v) is 3.49. The lowest BCUT2D eigenvalue weighted by molar-refractivity contribution is 0.153. The van der Waals surface area contributed by atoms with Crippen LogP contribution in [0.4, 0.5) is 5.69 Å². The van der Waals surface area contributed by atoms with Crippen molar-refractivity contribution in [2.75, 3.05) is 12.4 Å². The summed E-state index contributed by atoms with van der Waals surface area (Å²) in [6, 6.07) is 28.3. The van der Waals surface area contributed by atoms with Crippen LogP contribution in [-0.4, -0.2) is 12.4 Å². The van der Waals surface area contributed by atoms with Gasteiger partial charge in [0, 0.05) is 10.6 Å². The van der Waals surface area contributed by atoms with Gasteiger partial charge in [-0.1, -0.05) is 78.9 Å². The molecule has 3 aromatic rings. The second-order valence-corrected chi connectivity index (χ2v) is 7.09. The Morgan fingerprint density at radius 2 is 1.67 bits per heavy atom. The Labute approximate surface area is 165 Å². The third-order valence-corrected chi connectivity index (χ3v) is 4.97. The molecule has 0 aromatic heterocycles. The highest BCUT2D eigenvalue weighted by atomic mass is 32.2. The Morgan fingerprint density at radius 1 is 0.926 bits per heavy atom. The summed E-state index contributed by atoms with van der Waals surface area (Å²) in [6.07, 6.45) is 2.24. The molecule has 27 heavy (non-hydrogen) atoms. The summed E-state index contributed by atoms with van der Waals surface area (Å²) in [5.74, 6) is 0.894. The van der Waals surface area contributed by atoms with Crippen molar-refractivity contribution in [3.63, 3.8) is 0 Å². The first kappa shape index (κ1) is 19.0. The van der Waals surface area contributed by atoms with Crippen molar-refractivity contribution in [2.24, 2.45) is 0 Å². The zero-order valence-electron chi connectivity index (χ0n) is 15.0. The molecule has 134 valence electrons. The molecule has 0 radical (unpaired) electrons. The number of hydrogen-bond donors (Lipinski definition) is 0. The van der Waals surface area contributed by atoms with Gasteiger partial charge in [-0.15, -0.1) is 11.8 Å². The van der Waals surface area contributed by atoms with E-state index in [2.05, 4.69) is 47.3 Å². The molecule has 0 amide bonds. The highest BCUT2D eigenvalue weighted by Gasteiger charge is 2.03. The van der Waals surface area contributed by atoms with Gasteiger partial charge in [-0.2, -0.15) is 0 Å². The minimum atomic E-state index is 0.499. The van der Waals surface area contributed by atoms with E-state index in [1.165, 1.54) is 16.0 Å².